The normalized spacial score (nSPS) is 21.3. The van der Waals surface area contributed by atoms with Crippen LogP contribution in [0.25, 0.3) is 11.4 Å². The Balaban J connectivity index is 1.18. The van der Waals surface area contributed by atoms with Crippen molar-refractivity contribution in [2.24, 2.45) is 5.92 Å². The Kier molecular flexibility index (Phi) is 8.80. The lowest BCUT2D eigenvalue weighted by Crippen LogP contribution is -2.26. The Morgan fingerprint density at radius 3 is 2.19 bits per heavy atom. The van der Waals surface area contributed by atoms with Gasteiger partial charge in [0.05, 0.1) is 27.9 Å². The highest BCUT2D eigenvalue weighted by molar-refractivity contribution is 7.90. The maximum Gasteiger partial charge on any atom is 0.176 e. The highest BCUT2D eigenvalue weighted by Gasteiger charge is 2.52. The third-order valence-corrected chi connectivity index (χ3v) is 11.0. The molecule has 3 heterocycles. The summed E-state index contributed by atoms with van der Waals surface area (Å²) in [5.74, 6) is -0.524. The van der Waals surface area contributed by atoms with E-state index in [0.29, 0.717) is 0 Å². The Morgan fingerprint density at radius 1 is 0.936 bits per heavy atom. The average Bonchev–Trinajstić information content (AvgIpc) is 3.83. The molecule has 9 heteroatoms. The smallest absolute Gasteiger partial charge is 0.176 e. The molecule has 5 aromatic rings. The SMILES string of the molecule is CS(=O)(=O)c1ccc(C(C[C@H]2CCC3(C2)O[C@H](c2ccccc2)[C@@H](c2ccccc2)O3)c2ccc(-c3ccc(CO)cn3)[nH]2)cc1Cl. The monoisotopic (exact) mass is 668 g/mol. The number of hydrogen-bond acceptors (Lipinski definition) is 6. The van der Waals surface area contributed by atoms with Crippen molar-refractivity contribution < 1.29 is 23.0 Å². The van der Waals surface area contributed by atoms with Gasteiger partial charge in [0.15, 0.2) is 15.6 Å². The summed E-state index contributed by atoms with van der Waals surface area (Å²) >= 11 is 6.58. The molecule has 3 aromatic carbocycles. The third kappa shape index (κ3) is 6.66. The van der Waals surface area contributed by atoms with Crippen molar-refractivity contribution in [3.05, 3.63) is 142 Å². The average molecular weight is 669 g/mol. The Bertz CT molecular complexity index is 1900. The van der Waals surface area contributed by atoms with E-state index < -0.39 is 15.6 Å². The maximum atomic E-state index is 12.4. The van der Waals surface area contributed by atoms with E-state index in [1.54, 1.807) is 18.3 Å². The molecule has 7 nitrogen and oxygen atoms in total. The van der Waals surface area contributed by atoms with Crippen molar-refractivity contribution in [3.8, 4) is 11.4 Å². The van der Waals surface area contributed by atoms with E-state index in [4.69, 9.17) is 21.1 Å². The van der Waals surface area contributed by atoms with Crippen molar-refractivity contribution >= 4 is 21.4 Å². The van der Waals surface area contributed by atoms with Gasteiger partial charge in [-0.3, -0.25) is 4.98 Å². The summed E-state index contributed by atoms with van der Waals surface area (Å²) in [5, 5.41) is 9.65. The lowest BCUT2D eigenvalue weighted by molar-refractivity contribution is -0.172. The molecule has 1 spiro atoms. The molecule has 2 N–H and O–H groups in total. The minimum absolute atomic E-state index is 0.0654. The lowest BCUT2D eigenvalue weighted by atomic mass is 9.85. The minimum atomic E-state index is -3.47. The molecule has 0 radical (unpaired) electrons. The zero-order chi connectivity index (χ0) is 32.6. The molecular formula is C38H37ClN2O5S. The number of nitrogens with zero attached hydrogens (tertiary/aromatic N) is 1. The van der Waals surface area contributed by atoms with Gasteiger partial charge in [0, 0.05) is 36.9 Å². The molecule has 1 unspecified atom stereocenters. The number of pyridine rings is 1. The van der Waals surface area contributed by atoms with E-state index in [0.717, 1.165) is 65.0 Å². The van der Waals surface area contributed by atoms with Crippen LogP contribution < -0.4 is 0 Å². The van der Waals surface area contributed by atoms with Gasteiger partial charge in [0.1, 0.15) is 12.2 Å². The largest absolute Gasteiger partial charge is 0.392 e. The zero-order valence-electron chi connectivity index (χ0n) is 26.1. The van der Waals surface area contributed by atoms with Crippen LogP contribution in [-0.2, 0) is 25.9 Å². The van der Waals surface area contributed by atoms with Crippen LogP contribution in [0.3, 0.4) is 0 Å². The maximum absolute atomic E-state index is 12.4. The Hall–Kier alpha value is -3.79. The minimum Gasteiger partial charge on any atom is -0.392 e. The number of rotatable bonds is 9. The number of hydrogen-bond donors (Lipinski definition) is 2. The number of aromatic nitrogens is 2. The Labute approximate surface area is 280 Å². The number of sulfone groups is 1. The summed E-state index contributed by atoms with van der Waals surface area (Å²) in [4.78, 5) is 8.21. The van der Waals surface area contributed by atoms with Crippen molar-refractivity contribution in [1.29, 1.82) is 0 Å². The first kappa shape index (κ1) is 31.8. The van der Waals surface area contributed by atoms with Gasteiger partial charge >= 0.3 is 0 Å². The van der Waals surface area contributed by atoms with Crippen LogP contribution in [-0.4, -0.2) is 35.5 Å². The first-order valence-electron chi connectivity index (χ1n) is 15.9. The van der Waals surface area contributed by atoms with Gasteiger partial charge in [-0.05, 0) is 71.3 Å². The number of aromatic amines is 1. The molecule has 47 heavy (non-hydrogen) atoms. The van der Waals surface area contributed by atoms with E-state index in [-0.39, 0.29) is 40.6 Å². The van der Waals surface area contributed by atoms with Crippen LogP contribution >= 0.6 is 11.6 Å². The number of aliphatic hydroxyl groups is 1. The molecule has 2 fully saturated rings. The molecule has 0 amide bonds. The molecule has 4 atom stereocenters. The number of benzene rings is 3. The number of H-pyrrole nitrogens is 1. The summed E-state index contributed by atoms with van der Waals surface area (Å²) < 4.78 is 38.5. The predicted octanol–water partition coefficient (Wildman–Crippen LogP) is 8.17. The van der Waals surface area contributed by atoms with Gasteiger partial charge < -0.3 is 19.6 Å². The summed E-state index contributed by atoms with van der Waals surface area (Å²) in [6.45, 7) is -0.0654. The van der Waals surface area contributed by atoms with Gasteiger partial charge in [0.2, 0.25) is 0 Å². The van der Waals surface area contributed by atoms with Gasteiger partial charge in [-0.25, -0.2) is 8.42 Å². The fourth-order valence-corrected chi connectivity index (χ4v) is 8.46. The summed E-state index contributed by atoms with van der Waals surface area (Å²) in [7, 11) is -3.47. The first-order valence-corrected chi connectivity index (χ1v) is 18.2. The number of ether oxygens (including phenoxy) is 2. The first-order chi connectivity index (χ1) is 22.7. The second-order valence-corrected chi connectivity index (χ2v) is 15.1. The highest BCUT2D eigenvalue weighted by atomic mass is 35.5. The molecule has 1 saturated heterocycles. The van der Waals surface area contributed by atoms with E-state index in [1.165, 1.54) is 6.26 Å². The zero-order valence-corrected chi connectivity index (χ0v) is 27.6. The second kappa shape index (κ2) is 13.0. The molecule has 242 valence electrons. The fraction of sp³-hybridized carbons (Fsp3) is 0.289. The molecular weight excluding hydrogens is 632 g/mol. The molecule has 1 saturated carbocycles. The van der Waals surface area contributed by atoms with Crippen molar-refractivity contribution in [3.63, 3.8) is 0 Å². The molecule has 0 bridgehead atoms. The number of nitrogens with one attached hydrogen (secondary N) is 1. The van der Waals surface area contributed by atoms with Gasteiger partial charge in [-0.2, -0.15) is 0 Å². The van der Waals surface area contributed by atoms with Crippen LogP contribution in [0.2, 0.25) is 5.02 Å². The Morgan fingerprint density at radius 2 is 1.62 bits per heavy atom. The molecule has 2 aliphatic rings. The van der Waals surface area contributed by atoms with Crippen molar-refractivity contribution in [2.75, 3.05) is 6.26 Å². The van der Waals surface area contributed by atoms with E-state index in [2.05, 4.69) is 40.3 Å². The van der Waals surface area contributed by atoms with E-state index >= 15 is 0 Å². The molecule has 7 rings (SSSR count). The summed E-state index contributed by atoms with van der Waals surface area (Å²) in [6, 6.07) is 33.6. The van der Waals surface area contributed by atoms with Crippen LogP contribution in [0.1, 0.15) is 71.8 Å². The van der Waals surface area contributed by atoms with Crippen molar-refractivity contribution in [1.82, 2.24) is 9.97 Å². The molecule has 1 aliphatic carbocycles. The standard InChI is InChI=1S/C38H37ClN2O5S/c1-47(43,44)35-17-13-29(21-31(35)39)30(32-15-16-34(41-32)33-14-12-26(24-42)23-40-33)20-25-18-19-38(22-25)45-36(27-8-4-2-5-9-27)37(46-38)28-10-6-3-7-11-28/h2-17,21,23,25,30,36-37,41-42H,18-20,22,24H2,1H3/t25-,30?,36-,37-/m1/s1. The number of aliphatic hydroxyl groups excluding tert-OH is 1. The second-order valence-electron chi connectivity index (χ2n) is 12.7. The summed E-state index contributed by atoms with van der Waals surface area (Å²) in [5.41, 5.74) is 6.47. The third-order valence-electron chi connectivity index (χ3n) is 9.44. The van der Waals surface area contributed by atoms with Gasteiger partial charge in [-0.15, -0.1) is 0 Å². The molecule has 1 aliphatic heterocycles. The van der Waals surface area contributed by atoms with Crippen molar-refractivity contribution in [2.45, 2.75) is 61.1 Å². The topological polar surface area (TPSA) is 102 Å². The fourth-order valence-electron chi connectivity index (χ4n) is 7.12. The van der Waals surface area contributed by atoms with Gasteiger partial charge in [0.25, 0.3) is 0 Å². The van der Waals surface area contributed by atoms with Crippen LogP contribution in [0, 0.1) is 5.92 Å². The van der Waals surface area contributed by atoms with Crippen LogP contribution in [0.15, 0.2) is 114 Å². The highest BCUT2D eigenvalue weighted by Crippen LogP contribution is 2.55. The van der Waals surface area contributed by atoms with E-state index in [1.807, 2.05) is 60.7 Å². The lowest BCUT2D eigenvalue weighted by Gasteiger charge is -2.25. The van der Waals surface area contributed by atoms with Crippen LogP contribution in [0.5, 0.6) is 0 Å². The van der Waals surface area contributed by atoms with Crippen LogP contribution in [0.4, 0.5) is 0 Å². The summed E-state index contributed by atoms with van der Waals surface area (Å²) in [6.07, 6.45) is 5.63. The number of halogens is 1. The quantitative estimate of drug-likeness (QED) is 0.164. The van der Waals surface area contributed by atoms with Gasteiger partial charge in [-0.1, -0.05) is 84.4 Å². The van der Waals surface area contributed by atoms with E-state index in [9.17, 15) is 13.5 Å². The predicted molar refractivity (Wildman–Crippen MR) is 182 cm³/mol. The molecule has 2 aromatic heterocycles.